The number of benzene rings is 10. The Morgan fingerprint density at radius 2 is 0.720 bits per heavy atom. The molecule has 0 saturated heterocycles. The van der Waals surface area contributed by atoms with Gasteiger partial charge in [0.25, 0.3) is 0 Å². The van der Waals surface area contributed by atoms with E-state index < -0.39 is 35.2 Å². The van der Waals surface area contributed by atoms with Crippen molar-refractivity contribution < 1.29 is 39.5 Å². The number of hydrogen-bond donors (Lipinski definition) is 0. The molecule has 3 aromatic heterocycles. The van der Waals surface area contributed by atoms with Crippen LogP contribution in [-0.4, -0.2) is 24.1 Å². The number of rotatable bonds is 8. The van der Waals surface area contributed by atoms with Gasteiger partial charge in [0.05, 0.1) is 50.1 Å². The summed E-state index contributed by atoms with van der Waals surface area (Å²) >= 11 is 0. The second-order valence-electron chi connectivity index (χ2n) is 20.2. The van der Waals surface area contributed by atoms with E-state index in [9.17, 15) is 26.3 Å². The molecule has 13 aromatic rings. The molecule has 0 radical (unpaired) electrons. The maximum Gasteiger partial charge on any atom is 0.417 e. The molecule has 0 unspecified atom stereocenters. The first kappa shape index (κ1) is 51.6. The van der Waals surface area contributed by atoms with Gasteiger partial charge in [-0.1, -0.05) is 151 Å². The van der Waals surface area contributed by atoms with E-state index in [2.05, 4.69) is 0 Å². The normalized spacial score (nSPS) is 12.3. The van der Waals surface area contributed by atoms with Crippen LogP contribution < -0.4 is 0 Å². The highest BCUT2D eigenvalue weighted by atomic mass is 19.4. The van der Waals surface area contributed by atoms with Crippen LogP contribution in [0.2, 0.25) is 0 Å². The molecule has 0 aliphatic carbocycles. The zero-order valence-electron chi connectivity index (χ0n) is 43.4. The summed E-state index contributed by atoms with van der Waals surface area (Å²) in [5.74, 6) is 1.07. The Morgan fingerprint density at radius 1 is 0.305 bits per heavy atom. The standard InChI is InChI=1S/C68H42F9N5/c1-39-21-27-49(56(33-39)68(75,76)77)44-24-32-59-55(36-44)51-18-9-11-19-57(51)81(59)61-37-45(65-79-63(41-13-5-3-6-14-41)78-64(80-65)42-15-7-4-8-16-42)22-28-52(61)53-30-26-47(67(72,73)74)38-62(53)82-58-20-12-10-17-50(58)54-35-43(23-31-60(54)82)48-29-25-46(34-40(48)2)66(69,70)71/h3-38H,1-2H3. The summed E-state index contributed by atoms with van der Waals surface area (Å²) in [6.07, 6.45) is -14.0. The van der Waals surface area contributed by atoms with Gasteiger partial charge in [0.1, 0.15) is 0 Å². The van der Waals surface area contributed by atoms with Crippen molar-refractivity contribution in [1.82, 2.24) is 24.1 Å². The van der Waals surface area contributed by atoms with Crippen molar-refractivity contribution in [1.29, 1.82) is 0 Å². The number of hydrogen-bond acceptors (Lipinski definition) is 3. The molecule has 0 atom stereocenters. The summed E-state index contributed by atoms with van der Waals surface area (Å²) in [7, 11) is 0. The van der Waals surface area contributed by atoms with Crippen LogP contribution in [0, 0.1) is 13.8 Å². The Kier molecular flexibility index (Phi) is 12.3. The van der Waals surface area contributed by atoms with Gasteiger partial charge in [-0.25, -0.2) is 15.0 Å². The average Bonchev–Trinajstić information content (AvgIpc) is 2.32. The Hall–Kier alpha value is -9.82. The molecule has 0 bridgehead atoms. The average molecular weight is 1100 g/mol. The monoisotopic (exact) mass is 1100 g/mol. The number of alkyl halides is 9. The zero-order chi connectivity index (χ0) is 56.8. The topological polar surface area (TPSA) is 48.5 Å². The van der Waals surface area contributed by atoms with Crippen molar-refractivity contribution in [3.05, 3.63) is 246 Å². The molecule has 5 nitrogen and oxygen atoms in total. The first-order valence-corrected chi connectivity index (χ1v) is 26.0. The Bertz CT molecular complexity index is 4610. The molecule has 0 spiro atoms. The van der Waals surface area contributed by atoms with Gasteiger partial charge < -0.3 is 9.13 Å². The maximum atomic E-state index is 15.3. The SMILES string of the molecule is Cc1ccc(-c2ccc3c(c2)c2ccccc2n3-c2cc(-c3nc(-c4ccccc4)nc(-c4ccccc4)n3)ccc2-c2ccc(C(F)(F)F)cc2-n2c3ccccc3c3cc(-c4ccc(C(F)(F)F)cc4C)ccc32)c(C(F)(F)F)c1. The van der Waals surface area contributed by atoms with Crippen LogP contribution in [0.3, 0.4) is 0 Å². The van der Waals surface area contributed by atoms with Crippen molar-refractivity contribution in [3.63, 3.8) is 0 Å². The van der Waals surface area contributed by atoms with E-state index >= 15 is 13.2 Å². The number of aromatic nitrogens is 5. The molecule has 0 saturated carbocycles. The summed E-state index contributed by atoms with van der Waals surface area (Å²) in [4.78, 5) is 15.0. The van der Waals surface area contributed by atoms with Crippen LogP contribution in [0.5, 0.6) is 0 Å². The molecule has 0 N–H and O–H groups in total. The zero-order valence-corrected chi connectivity index (χ0v) is 43.4. The first-order chi connectivity index (χ1) is 39.4. The molecular weight excluding hydrogens is 1060 g/mol. The van der Waals surface area contributed by atoms with Crippen LogP contribution in [0.25, 0.3) is 123 Å². The third-order valence-electron chi connectivity index (χ3n) is 15.1. The molecule has 0 amide bonds. The Morgan fingerprint density at radius 3 is 1.23 bits per heavy atom. The van der Waals surface area contributed by atoms with Gasteiger partial charge in [0.15, 0.2) is 17.5 Å². The number of fused-ring (bicyclic) bond motifs is 6. The van der Waals surface area contributed by atoms with Gasteiger partial charge in [-0.05, 0) is 114 Å². The summed E-state index contributed by atoms with van der Waals surface area (Å²) in [6.45, 7) is 3.21. The van der Waals surface area contributed by atoms with Gasteiger partial charge in [-0.15, -0.1) is 0 Å². The summed E-state index contributed by atoms with van der Waals surface area (Å²) < 4.78 is 135. The highest BCUT2D eigenvalue weighted by Gasteiger charge is 2.35. The fourth-order valence-corrected chi connectivity index (χ4v) is 11.3. The molecule has 0 fully saturated rings. The van der Waals surface area contributed by atoms with Crippen molar-refractivity contribution in [2.75, 3.05) is 0 Å². The lowest BCUT2D eigenvalue weighted by atomic mass is 9.96. The van der Waals surface area contributed by atoms with Crippen LogP contribution >= 0.6 is 0 Å². The van der Waals surface area contributed by atoms with Crippen molar-refractivity contribution in [2.24, 2.45) is 0 Å². The van der Waals surface area contributed by atoms with Crippen LogP contribution in [-0.2, 0) is 18.5 Å². The maximum absolute atomic E-state index is 15.3. The van der Waals surface area contributed by atoms with Crippen molar-refractivity contribution in [2.45, 2.75) is 32.4 Å². The highest BCUT2D eigenvalue weighted by Crippen LogP contribution is 2.46. The quantitative estimate of drug-likeness (QED) is 0.143. The van der Waals surface area contributed by atoms with E-state index in [4.69, 9.17) is 15.0 Å². The van der Waals surface area contributed by atoms with Gasteiger partial charge in [-0.3, -0.25) is 0 Å². The van der Waals surface area contributed by atoms with E-state index in [1.807, 2.05) is 132 Å². The minimum atomic E-state index is -4.79. The van der Waals surface area contributed by atoms with E-state index in [1.54, 1.807) is 60.9 Å². The summed E-state index contributed by atoms with van der Waals surface area (Å²) in [5, 5.41) is 2.64. The minimum Gasteiger partial charge on any atom is -0.309 e. The molecular formula is C68H42F9N5. The molecule has 402 valence electrons. The fourth-order valence-electron chi connectivity index (χ4n) is 11.3. The number of aryl methyl sites for hydroxylation is 2. The Labute approximate surface area is 462 Å². The smallest absolute Gasteiger partial charge is 0.309 e. The lowest BCUT2D eigenvalue weighted by Crippen LogP contribution is -2.08. The van der Waals surface area contributed by atoms with E-state index in [0.29, 0.717) is 105 Å². The molecule has 0 aliphatic rings. The largest absolute Gasteiger partial charge is 0.417 e. The third kappa shape index (κ3) is 9.09. The van der Waals surface area contributed by atoms with E-state index in [1.165, 1.54) is 18.2 Å². The molecule has 14 heteroatoms. The van der Waals surface area contributed by atoms with E-state index in [-0.39, 0.29) is 17.1 Å². The van der Waals surface area contributed by atoms with Crippen LogP contribution in [0.1, 0.15) is 27.8 Å². The second-order valence-corrected chi connectivity index (χ2v) is 20.2. The third-order valence-corrected chi connectivity index (χ3v) is 15.1. The van der Waals surface area contributed by atoms with Gasteiger partial charge in [0, 0.05) is 49.4 Å². The lowest BCUT2D eigenvalue weighted by Gasteiger charge is -2.21. The minimum absolute atomic E-state index is 0.0000174. The number of halogens is 9. The molecule has 82 heavy (non-hydrogen) atoms. The molecule has 3 heterocycles. The lowest BCUT2D eigenvalue weighted by molar-refractivity contribution is -0.138. The fraction of sp³-hybridized carbons (Fsp3) is 0.0735. The van der Waals surface area contributed by atoms with Crippen molar-refractivity contribution in [3.8, 4) is 78.9 Å². The molecule has 10 aromatic carbocycles. The number of nitrogens with zero attached hydrogens (tertiary/aromatic N) is 5. The van der Waals surface area contributed by atoms with Gasteiger partial charge in [-0.2, -0.15) is 39.5 Å². The molecule has 0 aliphatic heterocycles. The number of para-hydroxylation sites is 2. The summed E-state index contributed by atoms with van der Waals surface area (Å²) in [5.41, 5.74) is 5.63. The predicted molar refractivity (Wildman–Crippen MR) is 306 cm³/mol. The van der Waals surface area contributed by atoms with Gasteiger partial charge >= 0.3 is 18.5 Å². The summed E-state index contributed by atoms with van der Waals surface area (Å²) in [6, 6.07) is 61.0. The van der Waals surface area contributed by atoms with Gasteiger partial charge in [0.2, 0.25) is 0 Å². The van der Waals surface area contributed by atoms with Crippen LogP contribution in [0.15, 0.2) is 218 Å². The van der Waals surface area contributed by atoms with Crippen LogP contribution in [0.4, 0.5) is 39.5 Å². The first-order valence-electron chi connectivity index (χ1n) is 26.0. The molecule has 13 rings (SSSR count). The van der Waals surface area contributed by atoms with E-state index in [0.717, 1.165) is 41.5 Å². The Balaban J connectivity index is 1.10. The highest BCUT2D eigenvalue weighted by molar-refractivity contribution is 6.13. The second kappa shape index (κ2) is 19.5. The predicted octanol–water partition coefficient (Wildman–Crippen LogP) is 19.7. The van der Waals surface area contributed by atoms with Crippen molar-refractivity contribution >= 4 is 43.6 Å².